The van der Waals surface area contributed by atoms with Crippen molar-refractivity contribution in [3.05, 3.63) is 53.5 Å². The molecule has 0 aliphatic rings. The highest BCUT2D eigenvalue weighted by Crippen LogP contribution is 2.17. The molecule has 2 aromatic rings. The van der Waals surface area contributed by atoms with Crippen LogP contribution in [0.2, 0.25) is 0 Å². The predicted molar refractivity (Wildman–Crippen MR) is 71.8 cm³/mol. The van der Waals surface area contributed by atoms with Gasteiger partial charge in [-0.05, 0) is 36.8 Å². The topological polar surface area (TPSA) is 62.5 Å². The fraction of sp³-hybridized carbons (Fsp3) is 0.133. The molecule has 4 nitrogen and oxygen atoms in total. The van der Waals surface area contributed by atoms with Gasteiger partial charge in [-0.2, -0.15) is 0 Å². The molecule has 1 aromatic heterocycles. The number of furan rings is 1. The molecule has 4 heteroatoms. The van der Waals surface area contributed by atoms with Crippen LogP contribution in [0.5, 0.6) is 0 Å². The number of aryl methyl sites for hydroxylation is 1. The Morgan fingerprint density at radius 1 is 1.42 bits per heavy atom. The first-order valence-corrected chi connectivity index (χ1v) is 5.74. The summed E-state index contributed by atoms with van der Waals surface area (Å²) in [5.41, 5.74) is 2.90. The lowest BCUT2D eigenvalue weighted by Gasteiger charge is -2.07. The van der Waals surface area contributed by atoms with Gasteiger partial charge in [0.2, 0.25) is 0 Å². The van der Waals surface area contributed by atoms with Crippen LogP contribution in [0.3, 0.4) is 0 Å². The van der Waals surface area contributed by atoms with Crippen LogP contribution in [0, 0.1) is 18.8 Å². The second-order valence-electron chi connectivity index (χ2n) is 3.96. The van der Waals surface area contributed by atoms with Gasteiger partial charge in [0.1, 0.15) is 12.9 Å². The molecule has 2 rings (SSSR count). The molecule has 0 bridgehead atoms. The summed E-state index contributed by atoms with van der Waals surface area (Å²) in [6.07, 6.45) is 2.85. The number of aliphatic hydroxyl groups excluding tert-OH is 1. The number of hydrogen-bond donors (Lipinski definition) is 2. The van der Waals surface area contributed by atoms with Crippen molar-refractivity contribution >= 4 is 11.6 Å². The number of rotatable bonds is 2. The van der Waals surface area contributed by atoms with Crippen LogP contribution in [-0.4, -0.2) is 17.6 Å². The fourth-order valence-corrected chi connectivity index (χ4v) is 1.61. The van der Waals surface area contributed by atoms with Crippen molar-refractivity contribution in [1.82, 2.24) is 0 Å². The van der Waals surface area contributed by atoms with Crippen LogP contribution in [0.4, 0.5) is 5.69 Å². The van der Waals surface area contributed by atoms with Gasteiger partial charge in [-0.15, -0.1) is 0 Å². The van der Waals surface area contributed by atoms with Crippen LogP contribution < -0.4 is 5.32 Å². The van der Waals surface area contributed by atoms with Crippen LogP contribution in [0.15, 0.2) is 41.2 Å². The molecule has 0 aliphatic carbocycles. The summed E-state index contributed by atoms with van der Waals surface area (Å²) in [5.74, 6) is 5.18. The van der Waals surface area contributed by atoms with Gasteiger partial charge in [0, 0.05) is 11.3 Å². The van der Waals surface area contributed by atoms with E-state index in [0.717, 1.165) is 16.8 Å². The first-order chi connectivity index (χ1) is 9.20. The Bertz CT molecular complexity index is 633. The molecule has 0 atom stereocenters. The average Bonchev–Trinajstić information content (AvgIpc) is 2.93. The minimum absolute atomic E-state index is 0.169. The average molecular weight is 255 g/mol. The van der Waals surface area contributed by atoms with Crippen molar-refractivity contribution < 1.29 is 14.3 Å². The van der Waals surface area contributed by atoms with Crippen LogP contribution in [0.1, 0.15) is 21.5 Å². The lowest BCUT2D eigenvalue weighted by molar-refractivity contribution is 0.102. The van der Waals surface area contributed by atoms with E-state index in [0.29, 0.717) is 5.56 Å². The molecule has 0 fully saturated rings. The van der Waals surface area contributed by atoms with Crippen molar-refractivity contribution in [1.29, 1.82) is 0 Å². The molecular formula is C15H13NO3. The first kappa shape index (κ1) is 12.9. The van der Waals surface area contributed by atoms with E-state index in [1.54, 1.807) is 18.2 Å². The third kappa shape index (κ3) is 3.24. The Kier molecular flexibility index (Phi) is 4.01. The molecule has 1 amide bonds. The van der Waals surface area contributed by atoms with E-state index in [-0.39, 0.29) is 12.5 Å². The third-order valence-electron chi connectivity index (χ3n) is 2.57. The molecule has 1 aromatic carbocycles. The molecule has 0 radical (unpaired) electrons. The molecule has 96 valence electrons. The standard InChI is InChI=1S/C15H13NO3/c1-11-9-12(3-2-7-17)4-5-14(11)16-15(18)13-6-8-19-10-13/h4-6,8-10,17H,7H2,1H3,(H,16,18). The van der Waals surface area contributed by atoms with E-state index in [4.69, 9.17) is 9.52 Å². The molecule has 0 spiro atoms. The van der Waals surface area contributed by atoms with Crippen LogP contribution in [-0.2, 0) is 0 Å². The molecule has 0 saturated carbocycles. The minimum Gasteiger partial charge on any atom is -0.472 e. The van der Waals surface area contributed by atoms with Gasteiger partial charge in [-0.3, -0.25) is 4.79 Å². The number of nitrogens with one attached hydrogen (secondary N) is 1. The van der Waals surface area contributed by atoms with Crippen molar-refractivity contribution in [2.24, 2.45) is 0 Å². The minimum atomic E-state index is -0.217. The Morgan fingerprint density at radius 3 is 2.89 bits per heavy atom. The molecule has 2 N–H and O–H groups in total. The van der Waals surface area contributed by atoms with Gasteiger partial charge in [0.15, 0.2) is 0 Å². The molecule has 0 saturated heterocycles. The smallest absolute Gasteiger partial charge is 0.258 e. The maximum Gasteiger partial charge on any atom is 0.258 e. The number of hydrogen-bond acceptors (Lipinski definition) is 3. The highest BCUT2D eigenvalue weighted by Gasteiger charge is 2.08. The Balaban J connectivity index is 2.15. The molecule has 0 unspecified atom stereocenters. The predicted octanol–water partition coefficient (Wildman–Crippen LogP) is 2.18. The van der Waals surface area contributed by atoms with E-state index >= 15 is 0 Å². The summed E-state index contributed by atoms with van der Waals surface area (Å²) in [4.78, 5) is 11.9. The second kappa shape index (κ2) is 5.89. The number of amides is 1. The number of anilines is 1. The van der Waals surface area contributed by atoms with Gasteiger partial charge in [0.05, 0.1) is 11.8 Å². The maximum absolute atomic E-state index is 11.9. The summed E-state index contributed by atoms with van der Waals surface area (Å²) in [7, 11) is 0. The lowest BCUT2D eigenvalue weighted by atomic mass is 10.1. The van der Waals surface area contributed by atoms with Gasteiger partial charge in [0.25, 0.3) is 5.91 Å². The fourth-order valence-electron chi connectivity index (χ4n) is 1.61. The summed E-state index contributed by atoms with van der Waals surface area (Å²) in [6, 6.07) is 7.04. The van der Waals surface area contributed by atoms with Crippen molar-refractivity contribution in [3.63, 3.8) is 0 Å². The van der Waals surface area contributed by atoms with Gasteiger partial charge >= 0.3 is 0 Å². The third-order valence-corrected chi connectivity index (χ3v) is 2.57. The van der Waals surface area contributed by atoms with Crippen LogP contribution >= 0.6 is 0 Å². The zero-order valence-electron chi connectivity index (χ0n) is 10.4. The molecule has 1 heterocycles. The van der Waals surface area contributed by atoms with Crippen molar-refractivity contribution in [2.45, 2.75) is 6.92 Å². The maximum atomic E-state index is 11.9. The lowest BCUT2D eigenvalue weighted by Crippen LogP contribution is -2.11. The number of benzene rings is 1. The Labute approximate surface area is 111 Å². The summed E-state index contributed by atoms with van der Waals surface area (Å²) in [5, 5.41) is 11.4. The zero-order chi connectivity index (χ0) is 13.7. The zero-order valence-corrected chi connectivity index (χ0v) is 10.4. The highest BCUT2D eigenvalue weighted by atomic mass is 16.3. The van der Waals surface area contributed by atoms with Gasteiger partial charge < -0.3 is 14.8 Å². The molecule has 19 heavy (non-hydrogen) atoms. The summed E-state index contributed by atoms with van der Waals surface area (Å²) in [6.45, 7) is 1.72. The van der Waals surface area contributed by atoms with E-state index in [9.17, 15) is 4.79 Å². The van der Waals surface area contributed by atoms with Crippen molar-refractivity contribution in [2.75, 3.05) is 11.9 Å². The van der Waals surface area contributed by atoms with Crippen LogP contribution in [0.25, 0.3) is 0 Å². The quantitative estimate of drug-likeness (QED) is 0.808. The first-order valence-electron chi connectivity index (χ1n) is 5.74. The van der Waals surface area contributed by atoms with E-state index < -0.39 is 0 Å². The van der Waals surface area contributed by atoms with E-state index in [2.05, 4.69) is 17.2 Å². The SMILES string of the molecule is Cc1cc(C#CCO)ccc1NC(=O)c1ccoc1. The largest absolute Gasteiger partial charge is 0.472 e. The Morgan fingerprint density at radius 2 is 2.26 bits per heavy atom. The number of aliphatic hydroxyl groups is 1. The van der Waals surface area contributed by atoms with E-state index in [1.807, 2.05) is 13.0 Å². The number of carbonyl (C=O) groups is 1. The van der Waals surface area contributed by atoms with E-state index in [1.165, 1.54) is 12.5 Å². The van der Waals surface area contributed by atoms with Gasteiger partial charge in [-0.25, -0.2) is 0 Å². The molecular weight excluding hydrogens is 242 g/mol. The molecule has 0 aliphatic heterocycles. The summed E-state index contributed by atoms with van der Waals surface area (Å²) >= 11 is 0. The second-order valence-corrected chi connectivity index (χ2v) is 3.96. The normalized spacial score (nSPS) is 9.58. The number of carbonyl (C=O) groups excluding carboxylic acids is 1. The highest BCUT2D eigenvalue weighted by molar-refractivity contribution is 6.04. The Hall–Kier alpha value is -2.51. The van der Waals surface area contributed by atoms with Gasteiger partial charge in [-0.1, -0.05) is 11.8 Å². The van der Waals surface area contributed by atoms with Crippen molar-refractivity contribution in [3.8, 4) is 11.8 Å². The summed E-state index contributed by atoms with van der Waals surface area (Å²) < 4.78 is 4.86. The monoisotopic (exact) mass is 255 g/mol.